The first kappa shape index (κ1) is 24.1. The highest BCUT2D eigenvalue weighted by Crippen LogP contribution is 2.21. The Morgan fingerprint density at radius 2 is 1.79 bits per heavy atom. The molecule has 1 heterocycles. The Morgan fingerprint density at radius 1 is 1.14 bits per heavy atom. The first-order chi connectivity index (χ1) is 13.9. The Morgan fingerprint density at radius 3 is 2.45 bits per heavy atom. The molecule has 1 fully saturated rings. The number of sulfonamides is 1. The second-order valence-corrected chi connectivity index (χ2v) is 10.1. The molecule has 0 saturated carbocycles. The zero-order valence-corrected chi connectivity index (χ0v) is 19.1. The van der Waals surface area contributed by atoms with Crippen LogP contribution >= 0.6 is 11.6 Å². The number of esters is 1. The van der Waals surface area contributed by atoms with E-state index in [0.29, 0.717) is 18.1 Å². The van der Waals surface area contributed by atoms with Crippen LogP contribution in [0.1, 0.15) is 51.0 Å². The van der Waals surface area contributed by atoms with Crippen LogP contribution in [0.15, 0.2) is 24.3 Å². The highest BCUT2D eigenvalue weighted by Gasteiger charge is 2.39. The van der Waals surface area contributed by atoms with Crippen LogP contribution < -0.4 is 0 Å². The van der Waals surface area contributed by atoms with Crippen LogP contribution in [-0.2, 0) is 26.1 Å². The number of rotatable bonds is 10. The molecule has 0 bridgehead atoms. The van der Waals surface area contributed by atoms with Gasteiger partial charge < -0.3 is 9.64 Å². The molecule has 29 heavy (non-hydrogen) atoms. The minimum atomic E-state index is -3.59. The van der Waals surface area contributed by atoms with E-state index in [2.05, 4.69) is 11.8 Å². The minimum Gasteiger partial charge on any atom is -0.468 e. The van der Waals surface area contributed by atoms with E-state index < -0.39 is 22.0 Å². The lowest BCUT2D eigenvalue weighted by molar-refractivity contribution is -0.145. The summed E-state index contributed by atoms with van der Waals surface area (Å²) in [6.45, 7) is 3.91. The molecule has 6 nitrogen and oxygen atoms in total. The monoisotopic (exact) mass is 444 g/mol. The standard InChI is InChI=1S/C21H33ClN2O4S/c1-3-4-5-6-7-8-13-23-14-15-29(26,27)24(20(17-23)21(25)28-2)16-18-9-11-19(22)12-10-18/h9-12,20H,3-8,13-17H2,1-2H3. The van der Waals surface area contributed by atoms with Gasteiger partial charge >= 0.3 is 5.97 Å². The number of hydrogen-bond donors (Lipinski definition) is 0. The van der Waals surface area contributed by atoms with Crippen LogP contribution in [0.2, 0.25) is 5.02 Å². The fraction of sp³-hybridized carbons (Fsp3) is 0.667. The van der Waals surface area contributed by atoms with Gasteiger partial charge in [0.1, 0.15) is 6.04 Å². The molecule has 1 aromatic carbocycles. The van der Waals surface area contributed by atoms with Crippen molar-refractivity contribution in [3.63, 3.8) is 0 Å². The Hall–Kier alpha value is -1.15. The number of hydrogen-bond acceptors (Lipinski definition) is 5. The molecule has 0 aromatic heterocycles. The van der Waals surface area contributed by atoms with Crippen molar-refractivity contribution in [1.29, 1.82) is 0 Å². The molecule has 1 saturated heterocycles. The maximum atomic E-state index is 13.0. The topological polar surface area (TPSA) is 66.9 Å². The summed E-state index contributed by atoms with van der Waals surface area (Å²) >= 11 is 5.93. The highest BCUT2D eigenvalue weighted by molar-refractivity contribution is 7.89. The molecule has 2 rings (SSSR count). The van der Waals surface area contributed by atoms with Gasteiger partial charge in [-0.25, -0.2) is 8.42 Å². The summed E-state index contributed by atoms with van der Waals surface area (Å²) in [5, 5.41) is 0.585. The first-order valence-corrected chi connectivity index (χ1v) is 12.4. The molecule has 0 amide bonds. The van der Waals surface area contributed by atoms with E-state index >= 15 is 0 Å². The lowest BCUT2D eigenvalue weighted by Gasteiger charge is -2.28. The van der Waals surface area contributed by atoms with Crippen molar-refractivity contribution in [2.75, 3.05) is 32.5 Å². The second kappa shape index (κ2) is 11.9. The molecule has 1 aliphatic rings. The maximum absolute atomic E-state index is 13.0. The highest BCUT2D eigenvalue weighted by atomic mass is 35.5. The van der Waals surface area contributed by atoms with Gasteiger partial charge in [-0.05, 0) is 30.7 Å². The average molecular weight is 445 g/mol. The molecule has 0 spiro atoms. The summed E-state index contributed by atoms with van der Waals surface area (Å²) in [5.41, 5.74) is 0.788. The van der Waals surface area contributed by atoms with Crippen LogP contribution in [0.4, 0.5) is 0 Å². The molecule has 1 unspecified atom stereocenters. The van der Waals surface area contributed by atoms with Crippen molar-refractivity contribution in [2.45, 2.75) is 58.0 Å². The number of halogens is 1. The minimum absolute atomic E-state index is 0.00389. The molecule has 0 N–H and O–H groups in total. The number of carbonyl (C=O) groups is 1. The van der Waals surface area contributed by atoms with Crippen molar-refractivity contribution >= 4 is 27.6 Å². The van der Waals surface area contributed by atoms with Crippen molar-refractivity contribution in [1.82, 2.24) is 9.21 Å². The van der Waals surface area contributed by atoms with Gasteiger partial charge in [0.15, 0.2) is 0 Å². The molecule has 1 aromatic rings. The maximum Gasteiger partial charge on any atom is 0.325 e. The normalized spacial score (nSPS) is 20.3. The smallest absolute Gasteiger partial charge is 0.325 e. The summed E-state index contributed by atoms with van der Waals surface area (Å²) in [6, 6.07) is 6.16. The second-order valence-electron chi connectivity index (χ2n) is 7.60. The number of methoxy groups -OCH3 is 1. The Kier molecular flexibility index (Phi) is 9.89. The Bertz CT molecular complexity index is 740. The van der Waals surface area contributed by atoms with Gasteiger partial charge in [0, 0.05) is 24.7 Å². The van der Waals surface area contributed by atoms with Gasteiger partial charge in [0.25, 0.3) is 0 Å². The number of benzene rings is 1. The average Bonchev–Trinajstić information content (AvgIpc) is 2.82. The third kappa shape index (κ3) is 7.55. The fourth-order valence-electron chi connectivity index (χ4n) is 3.61. The summed E-state index contributed by atoms with van der Waals surface area (Å²) in [4.78, 5) is 14.6. The van der Waals surface area contributed by atoms with E-state index in [1.807, 2.05) is 0 Å². The summed E-state index contributed by atoms with van der Waals surface area (Å²) in [6.07, 6.45) is 7.05. The van der Waals surface area contributed by atoms with Gasteiger partial charge in [-0.3, -0.25) is 4.79 Å². The van der Waals surface area contributed by atoms with E-state index in [4.69, 9.17) is 16.3 Å². The third-order valence-corrected chi connectivity index (χ3v) is 7.40. The van der Waals surface area contributed by atoms with Crippen molar-refractivity contribution in [2.24, 2.45) is 0 Å². The van der Waals surface area contributed by atoms with Crippen LogP contribution in [0, 0.1) is 0 Å². The molecular weight excluding hydrogens is 412 g/mol. The zero-order chi connectivity index (χ0) is 21.3. The zero-order valence-electron chi connectivity index (χ0n) is 17.5. The number of ether oxygens (including phenoxy) is 1. The Balaban J connectivity index is 2.08. The van der Waals surface area contributed by atoms with E-state index in [1.165, 1.54) is 37.1 Å². The molecule has 8 heteroatoms. The van der Waals surface area contributed by atoms with Gasteiger partial charge in [-0.15, -0.1) is 0 Å². The van der Waals surface area contributed by atoms with Gasteiger partial charge in [0.05, 0.1) is 12.9 Å². The molecule has 1 atom stereocenters. The Labute approximate surface area is 180 Å². The molecule has 1 aliphatic heterocycles. The summed E-state index contributed by atoms with van der Waals surface area (Å²) in [5.74, 6) is -0.512. The van der Waals surface area contributed by atoms with Crippen molar-refractivity contribution in [3.05, 3.63) is 34.9 Å². The van der Waals surface area contributed by atoms with E-state index in [1.54, 1.807) is 24.3 Å². The predicted molar refractivity (Wildman–Crippen MR) is 116 cm³/mol. The van der Waals surface area contributed by atoms with Crippen molar-refractivity contribution < 1.29 is 17.9 Å². The van der Waals surface area contributed by atoms with E-state index in [-0.39, 0.29) is 12.3 Å². The largest absolute Gasteiger partial charge is 0.468 e. The van der Waals surface area contributed by atoms with Gasteiger partial charge in [-0.2, -0.15) is 4.31 Å². The quantitative estimate of drug-likeness (QED) is 0.406. The van der Waals surface area contributed by atoms with Crippen LogP contribution in [0.25, 0.3) is 0 Å². The first-order valence-electron chi connectivity index (χ1n) is 10.4. The van der Waals surface area contributed by atoms with Gasteiger partial charge in [0.2, 0.25) is 10.0 Å². The SMILES string of the molecule is CCCCCCCCN1CCS(=O)(=O)N(Cc2ccc(Cl)cc2)C(C(=O)OC)C1. The number of carbonyl (C=O) groups excluding carboxylic acids is 1. The molecular formula is C21H33ClN2O4S. The summed E-state index contributed by atoms with van der Waals surface area (Å²) in [7, 11) is -2.29. The van der Waals surface area contributed by atoms with E-state index in [9.17, 15) is 13.2 Å². The van der Waals surface area contributed by atoms with Crippen LogP contribution in [0.5, 0.6) is 0 Å². The van der Waals surface area contributed by atoms with Gasteiger partial charge in [-0.1, -0.05) is 62.8 Å². The van der Waals surface area contributed by atoms with Crippen LogP contribution in [-0.4, -0.2) is 62.1 Å². The third-order valence-electron chi connectivity index (χ3n) is 5.35. The fourth-order valence-corrected chi connectivity index (χ4v) is 5.34. The molecule has 0 aliphatic carbocycles. The lowest BCUT2D eigenvalue weighted by atomic mass is 10.1. The summed E-state index contributed by atoms with van der Waals surface area (Å²) < 4.78 is 32.2. The number of unbranched alkanes of at least 4 members (excludes halogenated alkanes) is 5. The van der Waals surface area contributed by atoms with E-state index in [0.717, 1.165) is 24.9 Å². The molecule has 0 radical (unpaired) electrons. The number of nitrogens with zero attached hydrogens (tertiary/aromatic N) is 2. The lowest BCUT2D eigenvalue weighted by Crippen LogP contribution is -2.48. The van der Waals surface area contributed by atoms with Crippen molar-refractivity contribution in [3.8, 4) is 0 Å². The predicted octanol–water partition coefficient (Wildman–Crippen LogP) is 3.69. The van der Waals surface area contributed by atoms with Crippen LogP contribution in [0.3, 0.4) is 0 Å². The molecule has 164 valence electrons.